The first-order valence-corrected chi connectivity index (χ1v) is 14.3. The average Bonchev–Trinajstić information content (AvgIpc) is 3.60. The van der Waals surface area contributed by atoms with Gasteiger partial charge in [0.15, 0.2) is 5.96 Å². The molecule has 42 heavy (non-hydrogen) atoms. The van der Waals surface area contributed by atoms with Crippen molar-refractivity contribution in [2.75, 3.05) is 13.1 Å². The Bertz CT molecular complexity index is 1660. The molecule has 216 valence electrons. The molecule has 0 aliphatic heterocycles. The van der Waals surface area contributed by atoms with E-state index in [1.165, 1.54) is 0 Å². The molecule has 5 rings (SSSR count). The largest absolute Gasteiger partial charge is 0.370 e. The van der Waals surface area contributed by atoms with E-state index in [0.29, 0.717) is 26.1 Å². The number of benzene rings is 3. The number of nitrogens with one attached hydrogen (secondary N) is 5. The van der Waals surface area contributed by atoms with Crippen molar-refractivity contribution in [1.29, 1.82) is 5.41 Å². The molecule has 0 spiro atoms. The molecule has 0 bridgehead atoms. The molecule has 7 N–H and O–H groups in total. The molecule has 9 nitrogen and oxygen atoms in total. The minimum Gasteiger partial charge on any atom is -0.370 e. The summed E-state index contributed by atoms with van der Waals surface area (Å²) >= 11 is 0. The predicted molar refractivity (Wildman–Crippen MR) is 167 cm³/mol. The van der Waals surface area contributed by atoms with E-state index >= 15 is 0 Å². The number of fused-ring (bicyclic) bond motifs is 2. The Hall–Kier alpha value is -5.05. The molecule has 0 aliphatic carbocycles. The molecule has 0 aliphatic rings. The number of rotatable bonds is 13. The minimum atomic E-state index is -0.749. The first-order chi connectivity index (χ1) is 20.5. The van der Waals surface area contributed by atoms with Gasteiger partial charge in [-0.2, -0.15) is 0 Å². The van der Waals surface area contributed by atoms with Crippen LogP contribution in [0.15, 0.2) is 91.3 Å². The number of amides is 2. The maximum atomic E-state index is 14.3. The molecule has 1 unspecified atom stereocenters. The van der Waals surface area contributed by atoms with Crippen LogP contribution in [0, 0.1) is 5.41 Å². The zero-order valence-corrected chi connectivity index (χ0v) is 23.5. The van der Waals surface area contributed by atoms with E-state index in [1.54, 1.807) is 0 Å². The maximum Gasteiger partial charge on any atom is 0.245 e. The Balaban J connectivity index is 1.38. The van der Waals surface area contributed by atoms with Crippen LogP contribution in [0.25, 0.3) is 21.8 Å². The Kier molecular flexibility index (Phi) is 9.18. The second-order valence-electron chi connectivity index (χ2n) is 10.5. The van der Waals surface area contributed by atoms with Gasteiger partial charge in [0.2, 0.25) is 11.8 Å². The normalized spacial score (nSPS) is 11.8. The van der Waals surface area contributed by atoms with Crippen LogP contribution in [0.5, 0.6) is 0 Å². The lowest BCUT2D eigenvalue weighted by Crippen LogP contribution is -2.50. The molecular formula is C33H37N7O2. The maximum absolute atomic E-state index is 14.3. The lowest BCUT2D eigenvalue weighted by atomic mass is 10.0. The van der Waals surface area contributed by atoms with E-state index in [2.05, 4.69) is 20.6 Å². The van der Waals surface area contributed by atoms with Crippen molar-refractivity contribution in [3.8, 4) is 0 Å². The number of carbonyl (C=O) groups is 2. The van der Waals surface area contributed by atoms with Crippen LogP contribution in [0.1, 0.15) is 29.5 Å². The number of guanidine groups is 1. The standard InChI is InChI=1S/C33H37N7O2/c34-33(35)36-16-8-9-17-40(22-23-10-2-1-3-11-23)32(42)30(18-24-20-37-28-14-6-4-12-26(24)28)39-31(41)19-25-21-38-29-15-7-5-13-27(25)29/h1-7,10-15,20-21,30,37-38H,8-9,16-19,22H2,(H,39,41)(H4,34,35,36). The van der Waals surface area contributed by atoms with Gasteiger partial charge in [-0.3, -0.25) is 15.0 Å². The summed E-state index contributed by atoms with van der Waals surface area (Å²) in [7, 11) is 0. The van der Waals surface area contributed by atoms with Crippen molar-refractivity contribution < 1.29 is 9.59 Å². The molecular weight excluding hydrogens is 526 g/mol. The molecule has 2 heterocycles. The zero-order valence-electron chi connectivity index (χ0n) is 23.5. The van der Waals surface area contributed by atoms with Crippen molar-refractivity contribution >= 4 is 39.6 Å². The molecule has 2 amide bonds. The first-order valence-electron chi connectivity index (χ1n) is 14.3. The van der Waals surface area contributed by atoms with Crippen LogP contribution in [0.3, 0.4) is 0 Å². The highest BCUT2D eigenvalue weighted by Crippen LogP contribution is 2.21. The van der Waals surface area contributed by atoms with Gasteiger partial charge in [0.25, 0.3) is 0 Å². The van der Waals surface area contributed by atoms with Gasteiger partial charge in [-0.15, -0.1) is 0 Å². The van der Waals surface area contributed by atoms with E-state index < -0.39 is 6.04 Å². The smallest absolute Gasteiger partial charge is 0.245 e. The number of nitrogens with two attached hydrogens (primary N) is 1. The zero-order chi connectivity index (χ0) is 29.3. The molecule has 2 aromatic heterocycles. The van der Waals surface area contributed by atoms with Gasteiger partial charge < -0.3 is 31.2 Å². The molecule has 5 aromatic rings. The Labute approximate surface area is 245 Å². The quantitative estimate of drug-likeness (QED) is 0.0725. The van der Waals surface area contributed by atoms with E-state index in [9.17, 15) is 9.59 Å². The topological polar surface area (TPSA) is 143 Å². The Morgan fingerprint density at radius 3 is 2.14 bits per heavy atom. The second-order valence-corrected chi connectivity index (χ2v) is 10.5. The number of hydrogen-bond acceptors (Lipinski definition) is 3. The highest BCUT2D eigenvalue weighted by atomic mass is 16.2. The molecule has 0 radical (unpaired) electrons. The summed E-state index contributed by atoms with van der Waals surface area (Å²) in [6.07, 6.45) is 5.78. The van der Waals surface area contributed by atoms with E-state index in [0.717, 1.165) is 51.3 Å². The van der Waals surface area contributed by atoms with Gasteiger partial charge in [-0.25, -0.2) is 0 Å². The number of carbonyl (C=O) groups excluding carboxylic acids is 2. The molecule has 0 saturated heterocycles. The number of nitrogens with zero attached hydrogens (tertiary/aromatic N) is 1. The summed E-state index contributed by atoms with van der Waals surface area (Å²) in [4.78, 5) is 36.1. The number of unbranched alkanes of at least 4 members (excludes halogenated alkanes) is 1. The summed E-state index contributed by atoms with van der Waals surface area (Å²) in [5.41, 5.74) is 10.3. The number of hydrogen-bond donors (Lipinski definition) is 6. The molecule has 3 aromatic carbocycles. The number of aromatic amines is 2. The van der Waals surface area contributed by atoms with Crippen LogP contribution < -0.4 is 16.4 Å². The molecule has 0 fully saturated rings. The molecule has 0 saturated carbocycles. The van der Waals surface area contributed by atoms with Gasteiger partial charge in [0.05, 0.1) is 6.42 Å². The predicted octanol–water partition coefficient (Wildman–Crippen LogP) is 4.21. The first kappa shape index (κ1) is 28.5. The van der Waals surface area contributed by atoms with Crippen molar-refractivity contribution in [2.24, 2.45) is 5.73 Å². The van der Waals surface area contributed by atoms with Crippen molar-refractivity contribution in [1.82, 2.24) is 25.5 Å². The summed E-state index contributed by atoms with van der Waals surface area (Å²) < 4.78 is 0. The third-order valence-corrected chi connectivity index (χ3v) is 7.46. The Morgan fingerprint density at radius 1 is 0.833 bits per heavy atom. The summed E-state index contributed by atoms with van der Waals surface area (Å²) in [5.74, 6) is -0.400. The molecule has 9 heteroatoms. The van der Waals surface area contributed by atoms with Crippen LogP contribution >= 0.6 is 0 Å². The van der Waals surface area contributed by atoms with Gasteiger partial charge in [-0.1, -0.05) is 66.7 Å². The van der Waals surface area contributed by atoms with Crippen molar-refractivity contribution in [3.05, 3.63) is 108 Å². The van der Waals surface area contributed by atoms with Crippen molar-refractivity contribution in [3.63, 3.8) is 0 Å². The summed E-state index contributed by atoms with van der Waals surface area (Å²) in [5, 5.41) is 15.3. The van der Waals surface area contributed by atoms with E-state index in [4.69, 9.17) is 11.1 Å². The fraction of sp³-hybridized carbons (Fsp3) is 0.242. The summed E-state index contributed by atoms with van der Waals surface area (Å²) in [6, 6.07) is 25.0. The van der Waals surface area contributed by atoms with Crippen LogP contribution in [-0.4, -0.2) is 51.8 Å². The molecule has 1 atom stereocenters. The lowest BCUT2D eigenvalue weighted by Gasteiger charge is -2.28. The Morgan fingerprint density at radius 2 is 1.45 bits per heavy atom. The highest BCUT2D eigenvalue weighted by Gasteiger charge is 2.27. The third-order valence-electron chi connectivity index (χ3n) is 7.46. The van der Waals surface area contributed by atoms with Gasteiger partial charge in [0, 0.05) is 60.3 Å². The number of aromatic nitrogens is 2. The monoisotopic (exact) mass is 563 g/mol. The fourth-order valence-corrected chi connectivity index (χ4v) is 5.36. The number of H-pyrrole nitrogens is 2. The van der Waals surface area contributed by atoms with Crippen LogP contribution in [0.4, 0.5) is 0 Å². The van der Waals surface area contributed by atoms with E-state index in [1.807, 2.05) is 96.2 Å². The number of para-hydroxylation sites is 2. The minimum absolute atomic E-state index is 0.0658. The lowest BCUT2D eigenvalue weighted by molar-refractivity contribution is -0.137. The third kappa shape index (κ3) is 7.17. The average molecular weight is 564 g/mol. The highest BCUT2D eigenvalue weighted by molar-refractivity contribution is 5.92. The van der Waals surface area contributed by atoms with Gasteiger partial charge in [-0.05, 0) is 41.7 Å². The van der Waals surface area contributed by atoms with Crippen LogP contribution in [-0.2, 0) is 29.0 Å². The van der Waals surface area contributed by atoms with Crippen LogP contribution in [0.2, 0.25) is 0 Å². The summed E-state index contributed by atoms with van der Waals surface area (Å²) in [6.45, 7) is 1.50. The van der Waals surface area contributed by atoms with Gasteiger partial charge in [0.1, 0.15) is 6.04 Å². The van der Waals surface area contributed by atoms with Crippen molar-refractivity contribution in [2.45, 2.75) is 38.3 Å². The fourth-order valence-electron chi connectivity index (χ4n) is 5.36. The van der Waals surface area contributed by atoms with E-state index in [-0.39, 0.29) is 24.2 Å². The SMILES string of the molecule is N=C(N)NCCCCN(Cc1ccccc1)C(=O)C(Cc1c[nH]c2ccccc12)NC(=O)Cc1c[nH]c2ccccc12. The van der Waals surface area contributed by atoms with Gasteiger partial charge >= 0.3 is 0 Å². The second kappa shape index (κ2) is 13.5.